The van der Waals surface area contributed by atoms with E-state index in [4.69, 9.17) is 20.9 Å². The second-order valence-corrected chi connectivity index (χ2v) is 4.20. The van der Waals surface area contributed by atoms with Crippen molar-refractivity contribution in [2.75, 3.05) is 6.61 Å². The van der Waals surface area contributed by atoms with Crippen LogP contribution < -0.4 is 5.32 Å². The molecule has 0 aliphatic rings. The standard InChI is InChI=1S/C13H13ClN2O3/c1-2-18-13(17)15-8-11-7-12(16-19-11)9-3-5-10(14)6-4-9/h3-7H,2,8H2,1H3,(H,15,17). The van der Waals surface area contributed by atoms with Crippen molar-refractivity contribution < 1.29 is 14.1 Å². The van der Waals surface area contributed by atoms with Crippen LogP contribution in [0.25, 0.3) is 11.3 Å². The number of hydrogen-bond donors (Lipinski definition) is 1. The highest BCUT2D eigenvalue weighted by molar-refractivity contribution is 6.30. The smallest absolute Gasteiger partial charge is 0.407 e. The Hall–Kier alpha value is -2.01. The van der Waals surface area contributed by atoms with Crippen molar-refractivity contribution in [1.29, 1.82) is 0 Å². The van der Waals surface area contributed by atoms with Gasteiger partial charge in [-0.2, -0.15) is 0 Å². The Morgan fingerprint density at radius 1 is 1.42 bits per heavy atom. The first kappa shape index (κ1) is 13.4. The molecule has 0 saturated carbocycles. The zero-order valence-electron chi connectivity index (χ0n) is 10.4. The van der Waals surface area contributed by atoms with E-state index in [-0.39, 0.29) is 6.54 Å². The third kappa shape index (κ3) is 3.72. The van der Waals surface area contributed by atoms with E-state index in [9.17, 15) is 4.79 Å². The maximum atomic E-state index is 11.1. The summed E-state index contributed by atoms with van der Waals surface area (Å²) in [7, 11) is 0. The van der Waals surface area contributed by atoms with Gasteiger partial charge in [0, 0.05) is 16.7 Å². The van der Waals surface area contributed by atoms with Crippen molar-refractivity contribution in [1.82, 2.24) is 10.5 Å². The van der Waals surface area contributed by atoms with Crippen molar-refractivity contribution in [2.45, 2.75) is 13.5 Å². The van der Waals surface area contributed by atoms with Gasteiger partial charge in [-0.1, -0.05) is 28.9 Å². The molecule has 19 heavy (non-hydrogen) atoms. The zero-order chi connectivity index (χ0) is 13.7. The third-order valence-corrected chi connectivity index (χ3v) is 2.63. The normalized spacial score (nSPS) is 10.2. The topological polar surface area (TPSA) is 64.4 Å². The van der Waals surface area contributed by atoms with E-state index in [2.05, 4.69) is 10.5 Å². The highest BCUT2D eigenvalue weighted by Crippen LogP contribution is 2.21. The minimum Gasteiger partial charge on any atom is -0.450 e. The van der Waals surface area contributed by atoms with Gasteiger partial charge in [-0.15, -0.1) is 0 Å². The molecule has 0 saturated heterocycles. The molecule has 0 spiro atoms. The average molecular weight is 281 g/mol. The van der Waals surface area contributed by atoms with Crippen molar-refractivity contribution >= 4 is 17.7 Å². The van der Waals surface area contributed by atoms with Crippen LogP contribution in [0.15, 0.2) is 34.9 Å². The van der Waals surface area contributed by atoms with E-state index in [0.29, 0.717) is 23.1 Å². The number of alkyl carbamates (subject to hydrolysis) is 1. The van der Waals surface area contributed by atoms with E-state index in [1.807, 2.05) is 12.1 Å². The van der Waals surface area contributed by atoms with E-state index in [0.717, 1.165) is 5.56 Å². The number of carbonyl (C=O) groups is 1. The summed E-state index contributed by atoms with van der Waals surface area (Å²) in [5.74, 6) is 0.554. The molecule has 0 aliphatic carbocycles. The van der Waals surface area contributed by atoms with Crippen molar-refractivity contribution in [2.24, 2.45) is 0 Å². The number of benzene rings is 1. The van der Waals surface area contributed by atoms with Crippen molar-refractivity contribution in [3.63, 3.8) is 0 Å². The number of halogens is 1. The zero-order valence-corrected chi connectivity index (χ0v) is 11.1. The van der Waals surface area contributed by atoms with Gasteiger partial charge in [0.1, 0.15) is 5.69 Å². The molecule has 100 valence electrons. The van der Waals surface area contributed by atoms with Gasteiger partial charge in [0.25, 0.3) is 0 Å². The summed E-state index contributed by atoms with van der Waals surface area (Å²) in [6.07, 6.45) is -0.480. The lowest BCUT2D eigenvalue weighted by atomic mass is 10.1. The summed E-state index contributed by atoms with van der Waals surface area (Å²) in [4.78, 5) is 11.1. The second-order valence-electron chi connectivity index (χ2n) is 3.76. The number of hydrogen-bond acceptors (Lipinski definition) is 4. The molecule has 1 aromatic carbocycles. The molecule has 1 heterocycles. The molecule has 1 N–H and O–H groups in total. The highest BCUT2D eigenvalue weighted by Gasteiger charge is 2.08. The van der Waals surface area contributed by atoms with Crippen molar-refractivity contribution in [3.05, 3.63) is 41.1 Å². The largest absolute Gasteiger partial charge is 0.450 e. The molecule has 1 aromatic heterocycles. The minimum atomic E-state index is -0.480. The first-order chi connectivity index (χ1) is 9.19. The minimum absolute atomic E-state index is 0.236. The second kappa shape index (κ2) is 6.24. The van der Waals surface area contributed by atoms with E-state index in [1.165, 1.54) is 0 Å². The van der Waals surface area contributed by atoms with Crippen LogP contribution in [0.1, 0.15) is 12.7 Å². The monoisotopic (exact) mass is 280 g/mol. The number of nitrogens with zero attached hydrogens (tertiary/aromatic N) is 1. The molecule has 5 nitrogen and oxygen atoms in total. The molecule has 1 amide bonds. The maximum Gasteiger partial charge on any atom is 0.407 e. The summed E-state index contributed by atoms with van der Waals surface area (Å²) in [6.45, 7) is 2.31. The Morgan fingerprint density at radius 3 is 2.84 bits per heavy atom. The quantitative estimate of drug-likeness (QED) is 0.934. The van der Waals surface area contributed by atoms with Crippen LogP contribution >= 0.6 is 11.6 Å². The predicted molar refractivity (Wildman–Crippen MR) is 70.8 cm³/mol. The summed E-state index contributed by atoms with van der Waals surface area (Å²) in [6, 6.07) is 9.02. The average Bonchev–Trinajstić information content (AvgIpc) is 2.86. The van der Waals surface area contributed by atoms with Crippen LogP contribution in [-0.2, 0) is 11.3 Å². The van der Waals surface area contributed by atoms with Gasteiger partial charge in [0.05, 0.1) is 13.2 Å². The summed E-state index contributed by atoms with van der Waals surface area (Å²) < 4.78 is 9.87. The van der Waals surface area contributed by atoms with E-state index >= 15 is 0 Å². The molecule has 2 rings (SSSR count). The Balaban J connectivity index is 1.99. The molecular formula is C13H13ClN2O3. The van der Waals surface area contributed by atoms with Crippen LogP contribution in [0, 0.1) is 0 Å². The predicted octanol–water partition coefficient (Wildman–Crippen LogP) is 3.24. The fraction of sp³-hybridized carbons (Fsp3) is 0.231. The molecular weight excluding hydrogens is 268 g/mol. The summed E-state index contributed by atoms with van der Waals surface area (Å²) in [5, 5.41) is 7.15. The maximum absolute atomic E-state index is 11.1. The fourth-order valence-corrected chi connectivity index (χ4v) is 1.62. The number of amides is 1. The van der Waals surface area contributed by atoms with Crippen LogP contribution in [-0.4, -0.2) is 17.9 Å². The van der Waals surface area contributed by atoms with Gasteiger partial charge in [0.2, 0.25) is 0 Å². The SMILES string of the molecule is CCOC(=O)NCc1cc(-c2ccc(Cl)cc2)no1. The van der Waals surface area contributed by atoms with Gasteiger partial charge in [-0.3, -0.25) is 0 Å². The Kier molecular flexibility index (Phi) is 4.41. The summed E-state index contributed by atoms with van der Waals surface area (Å²) >= 11 is 5.81. The molecule has 0 fully saturated rings. The lowest BCUT2D eigenvalue weighted by molar-refractivity contribution is 0.150. The van der Waals surface area contributed by atoms with Crippen LogP contribution in [0.5, 0.6) is 0 Å². The Morgan fingerprint density at radius 2 is 2.16 bits per heavy atom. The first-order valence-corrected chi connectivity index (χ1v) is 6.19. The third-order valence-electron chi connectivity index (χ3n) is 2.38. The first-order valence-electron chi connectivity index (χ1n) is 5.81. The molecule has 0 radical (unpaired) electrons. The number of carbonyl (C=O) groups excluding carboxylic acids is 1. The van der Waals surface area contributed by atoms with Crippen LogP contribution in [0.4, 0.5) is 4.79 Å². The van der Waals surface area contributed by atoms with Crippen molar-refractivity contribution in [3.8, 4) is 11.3 Å². The van der Waals surface area contributed by atoms with Gasteiger partial charge in [-0.25, -0.2) is 4.79 Å². The van der Waals surface area contributed by atoms with Crippen LogP contribution in [0.2, 0.25) is 5.02 Å². The molecule has 0 atom stereocenters. The van der Waals surface area contributed by atoms with Gasteiger partial charge >= 0.3 is 6.09 Å². The van der Waals surface area contributed by atoms with Gasteiger partial charge < -0.3 is 14.6 Å². The van der Waals surface area contributed by atoms with Gasteiger partial charge in [-0.05, 0) is 19.1 Å². The number of rotatable bonds is 4. The lowest BCUT2D eigenvalue weighted by Gasteiger charge is -2.01. The Bertz CT molecular complexity index is 551. The van der Waals surface area contributed by atoms with Crippen LogP contribution in [0.3, 0.4) is 0 Å². The number of nitrogens with one attached hydrogen (secondary N) is 1. The Labute approximate surface area is 115 Å². The molecule has 0 aliphatic heterocycles. The molecule has 0 bridgehead atoms. The highest BCUT2D eigenvalue weighted by atomic mass is 35.5. The molecule has 6 heteroatoms. The number of aromatic nitrogens is 1. The fourth-order valence-electron chi connectivity index (χ4n) is 1.49. The summed E-state index contributed by atoms with van der Waals surface area (Å²) in [5.41, 5.74) is 1.59. The van der Waals surface area contributed by atoms with E-state index < -0.39 is 6.09 Å². The molecule has 2 aromatic rings. The van der Waals surface area contributed by atoms with E-state index in [1.54, 1.807) is 25.1 Å². The molecule has 0 unspecified atom stereocenters. The van der Waals surface area contributed by atoms with Gasteiger partial charge in [0.15, 0.2) is 5.76 Å². The lowest BCUT2D eigenvalue weighted by Crippen LogP contribution is -2.23. The number of ether oxygens (including phenoxy) is 1.